The fourth-order valence-electron chi connectivity index (χ4n) is 3.55. The first-order chi connectivity index (χ1) is 13.0. The van der Waals surface area contributed by atoms with Crippen LogP contribution in [0.15, 0.2) is 30.0 Å². The monoisotopic (exact) mass is 373 g/mol. The van der Waals surface area contributed by atoms with Crippen molar-refractivity contribution >= 4 is 23.1 Å². The van der Waals surface area contributed by atoms with Crippen LogP contribution in [0.3, 0.4) is 0 Å². The van der Waals surface area contributed by atoms with Crippen LogP contribution in [0.2, 0.25) is 0 Å². The number of nitro benzene ring substituents is 1. The van der Waals surface area contributed by atoms with E-state index in [1.807, 2.05) is 4.90 Å². The van der Waals surface area contributed by atoms with Gasteiger partial charge in [0.1, 0.15) is 5.70 Å². The number of hydrogen-bond donors (Lipinski definition) is 0. The fraction of sp³-hybridized carbons (Fsp3) is 0.474. The van der Waals surface area contributed by atoms with E-state index in [2.05, 4.69) is 0 Å². The predicted octanol–water partition coefficient (Wildman–Crippen LogP) is 2.20. The molecule has 0 aliphatic carbocycles. The third-order valence-corrected chi connectivity index (χ3v) is 4.91. The second-order valence-electron chi connectivity index (χ2n) is 6.68. The highest BCUT2D eigenvalue weighted by atomic mass is 16.6. The second-order valence-corrected chi connectivity index (χ2v) is 6.68. The Morgan fingerprint density at radius 3 is 2.33 bits per heavy atom. The molecule has 0 atom stereocenters. The SMILES string of the molecule is COCCCN1C(=O)C(c2ccc([N+](=O)[O-])cc2)=C(N2CCCCC2)C1=O. The largest absolute Gasteiger partial charge is 0.385 e. The van der Waals surface area contributed by atoms with E-state index in [0.29, 0.717) is 36.4 Å². The van der Waals surface area contributed by atoms with Gasteiger partial charge >= 0.3 is 0 Å². The number of imide groups is 1. The smallest absolute Gasteiger partial charge is 0.277 e. The standard InChI is InChI=1S/C19H23N3O5/c1-27-13-5-12-21-18(23)16(14-6-8-15(9-7-14)22(25)26)17(19(21)24)20-10-3-2-4-11-20/h6-9H,2-5,10-13H2,1H3. The van der Waals surface area contributed by atoms with Crippen molar-refractivity contribution in [1.29, 1.82) is 0 Å². The summed E-state index contributed by atoms with van der Waals surface area (Å²) in [5, 5.41) is 10.9. The molecule has 8 nitrogen and oxygen atoms in total. The van der Waals surface area contributed by atoms with Gasteiger partial charge in [-0.15, -0.1) is 0 Å². The zero-order valence-corrected chi connectivity index (χ0v) is 15.3. The number of piperidine rings is 1. The Morgan fingerprint density at radius 1 is 1.07 bits per heavy atom. The molecule has 3 rings (SSSR count). The van der Waals surface area contributed by atoms with Crippen LogP contribution in [0.5, 0.6) is 0 Å². The molecule has 144 valence electrons. The van der Waals surface area contributed by atoms with Gasteiger partial charge in [-0.05, 0) is 43.4 Å². The summed E-state index contributed by atoms with van der Waals surface area (Å²) in [7, 11) is 1.58. The molecule has 0 radical (unpaired) electrons. The summed E-state index contributed by atoms with van der Waals surface area (Å²) in [5.74, 6) is -0.628. The molecular formula is C19H23N3O5. The molecule has 0 saturated carbocycles. The molecule has 0 unspecified atom stereocenters. The minimum atomic E-state index is -0.484. The van der Waals surface area contributed by atoms with Crippen LogP contribution in [-0.4, -0.2) is 59.9 Å². The number of ether oxygens (including phenoxy) is 1. The second kappa shape index (κ2) is 8.30. The van der Waals surface area contributed by atoms with Crippen LogP contribution in [0.4, 0.5) is 5.69 Å². The van der Waals surface area contributed by atoms with Crippen molar-refractivity contribution in [2.24, 2.45) is 0 Å². The molecule has 2 heterocycles. The van der Waals surface area contributed by atoms with Gasteiger partial charge in [0.15, 0.2) is 0 Å². The van der Waals surface area contributed by atoms with Gasteiger partial charge in [0.25, 0.3) is 17.5 Å². The first-order valence-electron chi connectivity index (χ1n) is 9.13. The lowest BCUT2D eigenvalue weighted by Gasteiger charge is -2.29. The molecule has 0 spiro atoms. The van der Waals surface area contributed by atoms with E-state index in [1.165, 1.54) is 17.0 Å². The van der Waals surface area contributed by atoms with E-state index in [0.717, 1.165) is 32.4 Å². The first-order valence-corrected chi connectivity index (χ1v) is 9.13. The number of nitrogens with zero attached hydrogens (tertiary/aromatic N) is 3. The van der Waals surface area contributed by atoms with E-state index < -0.39 is 4.92 Å². The molecule has 2 aliphatic rings. The topological polar surface area (TPSA) is 93.0 Å². The summed E-state index contributed by atoms with van der Waals surface area (Å²) in [6.45, 7) is 2.22. The van der Waals surface area contributed by atoms with Crippen LogP contribution in [0.1, 0.15) is 31.2 Å². The number of carbonyl (C=O) groups excluding carboxylic acids is 2. The minimum absolute atomic E-state index is 0.0485. The predicted molar refractivity (Wildman–Crippen MR) is 98.7 cm³/mol. The van der Waals surface area contributed by atoms with Crippen LogP contribution >= 0.6 is 0 Å². The quantitative estimate of drug-likeness (QED) is 0.315. The number of nitro groups is 1. The highest BCUT2D eigenvalue weighted by Gasteiger charge is 2.41. The highest BCUT2D eigenvalue weighted by Crippen LogP contribution is 2.33. The molecular weight excluding hydrogens is 350 g/mol. The van der Waals surface area contributed by atoms with E-state index in [-0.39, 0.29) is 17.5 Å². The van der Waals surface area contributed by atoms with E-state index in [4.69, 9.17) is 4.74 Å². The lowest BCUT2D eigenvalue weighted by atomic mass is 10.0. The Hall–Kier alpha value is -2.74. The number of methoxy groups -OCH3 is 1. The Morgan fingerprint density at radius 2 is 1.74 bits per heavy atom. The molecule has 1 aromatic carbocycles. The molecule has 0 N–H and O–H groups in total. The first kappa shape index (κ1) is 19.0. The average molecular weight is 373 g/mol. The molecule has 1 aromatic rings. The summed E-state index contributed by atoms with van der Waals surface area (Å²) < 4.78 is 5.03. The zero-order chi connectivity index (χ0) is 19.4. The molecule has 27 heavy (non-hydrogen) atoms. The maximum absolute atomic E-state index is 13.0. The van der Waals surface area contributed by atoms with Crippen LogP contribution in [0, 0.1) is 10.1 Å². The number of carbonyl (C=O) groups is 2. The third kappa shape index (κ3) is 3.85. The maximum atomic E-state index is 13.0. The summed E-state index contributed by atoms with van der Waals surface area (Å²) >= 11 is 0. The van der Waals surface area contributed by atoms with Gasteiger partial charge in [0, 0.05) is 45.5 Å². The van der Waals surface area contributed by atoms with Crippen molar-refractivity contribution < 1.29 is 19.2 Å². The van der Waals surface area contributed by atoms with Gasteiger partial charge in [-0.25, -0.2) is 0 Å². The normalized spacial score (nSPS) is 17.8. The fourth-order valence-corrected chi connectivity index (χ4v) is 3.55. The van der Waals surface area contributed by atoms with Gasteiger partial charge in [0.05, 0.1) is 10.5 Å². The summed E-state index contributed by atoms with van der Waals surface area (Å²) in [6.07, 6.45) is 3.62. The van der Waals surface area contributed by atoms with Gasteiger partial charge < -0.3 is 9.64 Å². The number of likely N-dealkylation sites (tertiary alicyclic amines) is 1. The highest BCUT2D eigenvalue weighted by molar-refractivity contribution is 6.35. The molecule has 8 heteroatoms. The van der Waals surface area contributed by atoms with Crippen molar-refractivity contribution in [2.45, 2.75) is 25.7 Å². The van der Waals surface area contributed by atoms with Crippen molar-refractivity contribution in [3.63, 3.8) is 0 Å². The van der Waals surface area contributed by atoms with Crippen molar-refractivity contribution in [1.82, 2.24) is 9.80 Å². The van der Waals surface area contributed by atoms with Gasteiger partial charge in [-0.1, -0.05) is 0 Å². The Balaban J connectivity index is 1.97. The Kier molecular flexibility index (Phi) is 5.85. The van der Waals surface area contributed by atoms with E-state index in [1.54, 1.807) is 19.2 Å². The lowest BCUT2D eigenvalue weighted by Crippen LogP contribution is -2.37. The Bertz CT molecular complexity index is 766. The summed E-state index contributed by atoms with van der Waals surface area (Å²) in [6, 6.07) is 5.81. The Labute approximate surface area is 157 Å². The summed E-state index contributed by atoms with van der Waals surface area (Å²) in [4.78, 5) is 39.7. The average Bonchev–Trinajstić information content (AvgIpc) is 2.93. The van der Waals surface area contributed by atoms with Gasteiger partial charge in [-0.2, -0.15) is 0 Å². The molecule has 2 aliphatic heterocycles. The number of amides is 2. The van der Waals surface area contributed by atoms with E-state index in [9.17, 15) is 19.7 Å². The van der Waals surface area contributed by atoms with Crippen molar-refractivity contribution in [2.75, 3.05) is 33.4 Å². The summed E-state index contributed by atoms with van der Waals surface area (Å²) in [5.41, 5.74) is 1.25. The number of hydrogen-bond acceptors (Lipinski definition) is 6. The maximum Gasteiger partial charge on any atom is 0.277 e. The molecule has 2 amide bonds. The molecule has 1 fully saturated rings. The lowest BCUT2D eigenvalue weighted by molar-refractivity contribution is -0.384. The van der Waals surface area contributed by atoms with Crippen LogP contribution in [-0.2, 0) is 14.3 Å². The van der Waals surface area contributed by atoms with E-state index >= 15 is 0 Å². The van der Waals surface area contributed by atoms with Crippen LogP contribution < -0.4 is 0 Å². The minimum Gasteiger partial charge on any atom is -0.385 e. The van der Waals surface area contributed by atoms with Crippen molar-refractivity contribution in [3.8, 4) is 0 Å². The number of benzene rings is 1. The number of non-ortho nitro benzene ring substituents is 1. The molecule has 0 aromatic heterocycles. The van der Waals surface area contributed by atoms with Gasteiger partial charge in [-0.3, -0.25) is 24.6 Å². The molecule has 0 bridgehead atoms. The third-order valence-electron chi connectivity index (χ3n) is 4.91. The molecule has 1 saturated heterocycles. The van der Waals surface area contributed by atoms with Crippen LogP contribution in [0.25, 0.3) is 5.57 Å². The number of rotatable bonds is 7. The van der Waals surface area contributed by atoms with Gasteiger partial charge in [0.2, 0.25) is 0 Å². The zero-order valence-electron chi connectivity index (χ0n) is 15.3. The van der Waals surface area contributed by atoms with Crippen molar-refractivity contribution in [3.05, 3.63) is 45.6 Å².